The van der Waals surface area contributed by atoms with Crippen LogP contribution in [0, 0.1) is 0 Å². The topological polar surface area (TPSA) is 97.3 Å². The molecular formula is C22H25NO6. The number of aliphatic hydroxyl groups excluding tert-OH is 1. The summed E-state index contributed by atoms with van der Waals surface area (Å²) in [5, 5.41) is 21.3. The van der Waals surface area contributed by atoms with Crippen molar-refractivity contribution in [2.45, 2.75) is 18.6 Å². The zero-order chi connectivity index (χ0) is 20.5. The van der Waals surface area contributed by atoms with Gasteiger partial charge in [0.05, 0.1) is 32.1 Å². The number of anilines is 1. The van der Waals surface area contributed by atoms with E-state index in [-0.39, 0.29) is 37.2 Å². The van der Waals surface area contributed by atoms with Crippen LogP contribution in [-0.2, 0) is 19.0 Å². The monoisotopic (exact) mass is 399 g/mol. The zero-order valence-corrected chi connectivity index (χ0v) is 16.0. The maximum absolute atomic E-state index is 12.7. The van der Waals surface area contributed by atoms with Gasteiger partial charge in [-0.2, -0.15) is 0 Å². The van der Waals surface area contributed by atoms with Crippen molar-refractivity contribution in [3.8, 4) is 5.75 Å². The Morgan fingerprint density at radius 3 is 2.59 bits per heavy atom. The van der Waals surface area contributed by atoms with Crippen LogP contribution in [-0.4, -0.2) is 48.8 Å². The van der Waals surface area contributed by atoms with Crippen molar-refractivity contribution < 1.29 is 29.2 Å². The molecule has 7 nitrogen and oxygen atoms in total. The fourth-order valence-corrected chi connectivity index (χ4v) is 3.02. The van der Waals surface area contributed by atoms with Crippen molar-refractivity contribution in [3.05, 3.63) is 72.0 Å². The van der Waals surface area contributed by atoms with Crippen molar-refractivity contribution in [1.29, 1.82) is 0 Å². The van der Waals surface area contributed by atoms with E-state index in [0.29, 0.717) is 18.7 Å². The Hall–Kier alpha value is -2.87. The first kappa shape index (κ1) is 20.9. The van der Waals surface area contributed by atoms with E-state index in [1.165, 1.54) is 6.07 Å². The van der Waals surface area contributed by atoms with E-state index in [1.54, 1.807) is 24.3 Å². The number of benzene rings is 2. The Labute approximate surface area is 169 Å². The number of carbonyl (C=O) groups is 1. The van der Waals surface area contributed by atoms with Gasteiger partial charge in [0, 0.05) is 12.3 Å². The van der Waals surface area contributed by atoms with Gasteiger partial charge in [0.1, 0.15) is 5.75 Å². The molecule has 2 atom stereocenters. The largest absolute Gasteiger partial charge is 0.506 e. The predicted molar refractivity (Wildman–Crippen MR) is 107 cm³/mol. The normalized spacial score (nSPS) is 18.6. The number of aliphatic hydroxyl groups is 1. The maximum atomic E-state index is 12.7. The van der Waals surface area contributed by atoms with Gasteiger partial charge in [-0.1, -0.05) is 42.5 Å². The van der Waals surface area contributed by atoms with Crippen LogP contribution < -0.4 is 5.32 Å². The van der Waals surface area contributed by atoms with Crippen LogP contribution in [0.15, 0.2) is 66.4 Å². The molecule has 3 rings (SSSR count). The predicted octanol–water partition coefficient (Wildman–Crippen LogP) is 2.77. The number of para-hydroxylation sites is 2. The summed E-state index contributed by atoms with van der Waals surface area (Å²) in [6, 6.07) is 16.3. The Balaban J connectivity index is 1.71. The van der Waals surface area contributed by atoms with Crippen LogP contribution in [0.2, 0.25) is 0 Å². The van der Waals surface area contributed by atoms with E-state index >= 15 is 0 Å². The first-order valence-corrected chi connectivity index (χ1v) is 9.50. The highest BCUT2D eigenvalue weighted by atomic mass is 16.7. The lowest BCUT2D eigenvalue weighted by atomic mass is 9.93. The second-order valence-corrected chi connectivity index (χ2v) is 6.51. The molecule has 1 heterocycles. The number of amides is 1. The summed E-state index contributed by atoms with van der Waals surface area (Å²) in [7, 11) is 0. The quantitative estimate of drug-likeness (QED) is 0.443. The van der Waals surface area contributed by atoms with E-state index in [9.17, 15) is 9.90 Å². The lowest BCUT2D eigenvalue weighted by Gasteiger charge is -2.29. The Kier molecular flexibility index (Phi) is 7.63. The van der Waals surface area contributed by atoms with Crippen molar-refractivity contribution in [1.82, 2.24) is 0 Å². The molecule has 0 radical (unpaired) electrons. The van der Waals surface area contributed by atoms with Gasteiger partial charge in [-0.3, -0.25) is 4.79 Å². The minimum absolute atomic E-state index is 0.0225. The van der Waals surface area contributed by atoms with Gasteiger partial charge < -0.3 is 29.7 Å². The summed E-state index contributed by atoms with van der Waals surface area (Å²) in [5.41, 5.74) is 1.35. The molecule has 154 valence electrons. The van der Waals surface area contributed by atoms with Gasteiger partial charge in [0.25, 0.3) is 5.91 Å². The lowest BCUT2D eigenvalue weighted by molar-refractivity contribution is -0.148. The van der Waals surface area contributed by atoms with Gasteiger partial charge in [-0.15, -0.1) is 0 Å². The maximum Gasteiger partial charge on any atom is 0.290 e. The molecule has 1 amide bonds. The molecule has 2 aromatic rings. The average Bonchev–Trinajstić information content (AvgIpc) is 2.75. The SMILES string of the molecule is O=C(Nc1ccccc1O)C1=CC(c2ccccc2)CC(OCCOCCO)O1. The number of allylic oxidation sites excluding steroid dienone is 1. The highest BCUT2D eigenvalue weighted by Crippen LogP contribution is 2.32. The molecule has 29 heavy (non-hydrogen) atoms. The molecule has 0 fully saturated rings. The average molecular weight is 399 g/mol. The van der Waals surface area contributed by atoms with E-state index < -0.39 is 12.2 Å². The van der Waals surface area contributed by atoms with Crippen LogP contribution in [0.3, 0.4) is 0 Å². The summed E-state index contributed by atoms with van der Waals surface area (Å²) in [6.07, 6.45) is 1.71. The minimum Gasteiger partial charge on any atom is -0.506 e. The molecule has 0 aromatic heterocycles. The zero-order valence-electron chi connectivity index (χ0n) is 16.0. The molecule has 3 N–H and O–H groups in total. The summed E-state index contributed by atoms with van der Waals surface area (Å²) >= 11 is 0. The molecule has 0 spiro atoms. The molecule has 0 saturated heterocycles. The van der Waals surface area contributed by atoms with Crippen LogP contribution in [0.1, 0.15) is 17.9 Å². The van der Waals surface area contributed by atoms with Crippen LogP contribution in [0.4, 0.5) is 5.69 Å². The highest BCUT2D eigenvalue weighted by Gasteiger charge is 2.29. The van der Waals surface area contributed by atoms with Crippen molar-refractivity contribution in [2.24, 2.45) is 0 Å². The van der Waals surface area contributed by atoms with E-state index in [1.807, 2.05) is 30.3 Å². The molecule has 2 unspecified atom stereocenters. The van der Waals surface area contributed by atoms with Gasteiger partial charge in [0.2, 0.25) is 6.29 Å². The number of carbonyl (C=O) groups excluding carboxylic acids is 1. The second-order valence-electron chi connectivity index (χ2n) is 6.51. The number of aromatic hydroxyl groups is 1. The Morgan fingerprint density at radius 1 is 1.07 bits per heavy atom. The van der Waals surface area contributed by atoms with E-state index in [2.05, 4.69) is 5.32 Å². The lowest BCUT2D eigenvalue weighted by Crippen LogP contribution is -2.30. The first-order valence-electron chi connectivity index (χ1n) is 9.50. The minimum atomic E-state index is -0.618. The van der Waals surface area contributed by atoms with Crippen LogP contribution in [0.5, 0.6) is 5.75 Å². The van der Waals surface area contributed by atoms with Gasteiger partial charge in [-0.05, 0) is 23.8 Å². The van der Waals surface area contributed by atoms with Crippen LogP contribution >= 0.6 is 0 Å². The van der Waals surface area contributed by atoms with Crippen molar-refractivity contribution in [2.75, 3.05) is 31.7 Å². The third kappa shape index (κ3) is 6.05. The number of nitrogens with one attached hydrogen (secondary N) is 1. The number of hydrogen-bond acceptors (Lipinski definition) is 6. The molecular weight excluding hydrogens is 374 g/mol. The Bertz CT molecular complexity index is 823. The first-order chi connectivity index (χ1) is 14.2. The van der Waals surface area contributed by atoms with Crippen molar-refractivity contribution >= 4 is 11.6 Å². The molecule has 1 aliphatic rings. The second kappa shape index (κ2) is 10.6. The molecule has 2 aromatic carbocycles. The molecule has 0 aliphatic carbocycles. The number of phenolic OH excluding ortho intramolecular Hbond substituents is 1. The number of rotatable bonds is 9. The van der Waals surface area contributed by atoms with Gasteiger partial charge in [-0.25, -0.2) is 0 Å². The highest BCUT2D eigenvalue weighted by molar-refractivity contribution is 6.03. The fourth-order valence-electron chi connectivity index (χ4n) is 3.02. The van der Waals surface area contributed by atoms with Gasteiger partial charge in [0.15, 0.2) is 5.76 Å². The summed E-state index contributed by atoms with van der Waals surface area (Å²) in [5.74, 6) is -0.406. The summed E-state index contributed by atoms with van der Waals surface area (Å²) in [6.45, 7) is 0.797. The smallest absolute Gasteiger partial charge is 0.290 e. The molecule has 0 bridgehead atoms. The van der Waals surface area contributed by atoms with Crippen LogP contribution in [0.25, 0.3) is 0 Å². The van der Waals surface area contributed by atoms with Gasteiger partial charge >= 0.3 is 0 Å². The Morgan fingerprint density at radius 2 is 1.83 bits per heavy atom. The third-order valence-corrected chi connectivity index (χ3v) is 4.43. The summed E-state index contributed by atoms with van der Waals surface area (Å²) < 4.78 is 16.7. The number of ether oxygens (including phenoxy) is 3. The standard InChI is InChI=1S/C22H25NO6/c24-10-11-27-12-13-28-21-15-17(16-6-2-1-3-7-16)14-20(29-21)22(26)23-18-8-4-5-9-19(18)25/h1-9,14,17,21,24-25H,10-13,15H2,(H,23,26). The number of hydrogen-bond donors (Lipinski definition) is 3. The molecule has 0 saturated carbocycles. The molecule has 1 aliphatic heterocycles. The van der Waals surface area contributed by atoms with Crippen molar-refractivity contribution in [3.63, 3.8) is 0 Å². The number of phenols is 1. The molecule has 7 heteroatoms. The fraction of sp³-hybridized carbons (Fsp3) is 0.318. The third-order valence-electron chi connectivity index (χ3n) is 4.43. The van der Waals surface area contributed by atoms with E-state index in [4.69, 9.17) is 19.3 Å². The van der Waals surface area contributed by atoms with E-state index in [0.717, 1.165) is 5.56 Å². The summed E-state index contributed by atoms with van der Waals surface area (Å²) in [4.78, 5) is 12.7.